The minimum atomic E-state index is -0.312. The van der Waals surface area contributed by atoms with Gasteiger partial charge in [0.25, 0.3) is 0 Å². The largest absolute Gasteiger partial charge is 0.301 e. The maximum atomic E-state index is 12.5. The summed E-state index contributed by atoms with van der Waals surface area (Å²) in [6.45, 7) is 1.95. The second-order valence-corrected chi connectivity index (χ2v) is 3.30. The summed E-state index contributed by atoms with van der Waals surface area (Å²) in [7, 11) is 0. The third-order valence-electron chi connectivity index (χ3n) is 2.24. The molecule has 0 saturated carbocycles. The molecule has 1 aromatic carbocycles. The van der Waals surface area contributed by atoms with Crippen molar-refractivity contribution in [2.45, 2.75) is 19.0 Å². The van der Waals surface area contributed by atoms with Crippen molar-refractivity contribution in [3.05, 3.63) is 35.6 Å². The summed E-state index contributed by atoms with van der Waals surface area (Å²) in [6.07, 6.45) is 0. The zero-order valence-corrected chi connectivity index (χ0v) is 7.25. The Balaban J connectivity index is 2.17. The predicted octanol–water partition coefficient (Wildman–Crippen LogP) is 1.37. The molecule has 1 heterocycles. The molecule has 2 rings (SSSR count). The molecule has 0 amide bonds. The first-order chi connectivity index (χ1) is 6.18. The quantitative estimate of drug-likeness (QED) is 0.550. The number of Topliss-reactive ketones (excluding diaryl/α,β-unsaturated/α-hetero) is 1. The van der Waals surface area contributed by atoms with Gasteiger partial charge in [-0.2, -0.15) is 0 Å². The Morgan fingerprint density at radius 2 is 1.92 bits per heavy atom. The van der Waals surface area contributed by atoms with E-state index in [9.17, 15) is 9.18 Å². The number of carbonyl (C=O) groups is 1. The molecule has 2 nitrogen and oxygen atoms in total. The first kappa shape index (κ1) is 8.38. The molecule has 0 aliphatic carbocycles. The summed E-state index contributed by atoms with van der Waals surface area (Å²) in [4.78, 5) is 11.5. The zero-order chi connectivity index (χ0) is 9.42. The van der Waals surface area contributed by atoms with E-state index in [1.165, 1.54) is 24.3 Å². The van der Waals surface area contributed by atoms with Gasteiger partial charge in [0.2, 0.25) is 0 Å². The number of hydrogen-bond donors (Lipinski definition) is 1. The standard InChI is InChI=1S/C10H10FNO/c1-6-9(12-6)10(13)7-2-4-8(11)5-3-7/h2-6,9,12H,1H3/t6-,9+/m0/s1. The lowest BCUT2D eigenvalue weighted by atomic mass is 10.1. The molecular formula is C10H10FNO. The van der Waals surface area contributed by atoms with Crippen LogP contribution >= 0.6 is 0 Å². The van der Waals surface area contributed by atoms with E-state index in [1.807, 2.05) is 6.92 Å². The lowest BCUT2D eigenvalue weighted by Gasteiger charge is -1.96. The summed E-state index contributed by atoms with van der Waals surface area (Å²) in [6, 6.07) is 5.85. The molecule has 1 N–H and O–H groups in total. The van der Waals surface area contributed by atoms with Crippen LogP contribution in [0.2, 0.25) is 0 Å². The number of rotatable bonds is 2. The zero-order valence-electron chi connectivity index (χ0n) is 7.25. The molecule has 0 aromatic heterocycles. The van der Waals surface area contributed by atoms with Crippen LogP contribution in [0.15, 0.2) is 24.3 Å². The lowest BCUT2D eigenvalue weighted by molar-refractivity contribution is 0.0988. The van der Waals surface area contributed by atoms with Gasteiger partial charge in [0, 0.05) is 11.6 Å². The van der Waals surface area contributed by atoms with Crippen LogP contribution in [0.25, 0.3) is 0 Å². The average Bonchev–Trinajstić information content (AvgIpc) is 2.83. The summed E-state index contributed by atoms with van der Waals surface area (Å²) in [5.41, 5.74) is 0.572. The van der Waals surface area contributed by atoms with Crippen LogP contribution in [0.3, 0.4) is 0 Å². The smallest absolute Gasteiger partial charge is 0.181 e. The molecule has 13 heavy (non-hydrogen) atoms. The fraction of sp³-hybridized carbons (Fsp3) is 0.300. The molecule has 1 aliphatic heterocycles. The molecular weight excluding hydrogens is 169 g/mol. The van der Waals surface area contributed by atoms with E-state index in [-0.39, 0.29) is 23.7 Å². The van der Waals surface area contributed by atoms with Crippen LogP contribution in [-0.4, -0.2) is 17.9 Å². The lowest BCUT2D eigenvalue weighted by Crippen LogP contribution is -2.10. The van der Waals surface area contributed by atoms with Crippen LogP contribution in [0.4, 0.5) is 4.39 Å². The molecule has 1 saturated heterocycles. The molecule has 2 atom stereocenters. The number of halogens is 1. The molecule has 3 heteroatoms. The van der Waals surface area contributed by atoms with Crippen molar-refractivity contribution in [2.75, 3.05) is 0 Å². The molecule has 68 valence electrons. The number of hydrogen-bond acceptors (Lipinski definition) is 2. The third kappa shape index (κ3) is 1.60. The van der Waals surface area contributed by atoms with Crippen LogP contribution in [0, 0.1) is 5.82 Å². The molecule has 0 unspecified atom stereocenters. The molecule has 0 spiro atoms. The second-order valence-electron chi connectivity index (χ2n) is 3.30. The Morgan fingerprint density at radius 3 is 2.38 bits per heavy atom. The minimum Gasteiger partial charge on any atom is -0.301 e. The first-order valence-corrected chi connectivity index (χ1v) is 4.24. The molecule has 1 aromatic rings. The van der Waals surface area contributed by atoms with Crippen molar-refractivity contribution in [3.8, 4) is 0 Å². The maximum Gasteiger partial charge on any atom is 0.181 e. The highest BCUT2D eigenvalue weighted by molar-refractivity contribution is 6.02. The SMILES string of the molecule is C[C@@H]1N[C@H]1C(=O)c1ccc(F)cc1. The molecule has 1 aliphatic rings. The van der Waals surface area contributed by atoms with Gasteiger partial charge in [0.1, 0.15) is 5.82 Å². The summed E-state index contributed by atoms with van der Waals surface area (Å²) >= 11 is 0. The van der Waals surface area contributed by atoms with Crippen molar-refractivity contribution < 1.29 is 9.18 Å². The van der Waals surface area contributed by atoms with Crippen molar-refractivity contribution in [2.24, 2.45) is 0 Å². The van der Waals surface area contributed by atoms with Gasteiger partial charge in [-0.25, -0.2) is 4.39 Å². The number of ketones is 1. The second kappa shape index (κ2) is 2.92. The van der Waals surface area contributed by atoms with Crippen molar-refractivity contribution in [3.63, 3.8) is 0 Å². The first-order valence-electron chi connectivity index (χ1n) is 4.24. The summed E-state index contributed by atoms with van der Waals surface area (Å²) in [5.74, 6) is -0.263. The van der Waals surface area contributed by atoms with Crippen LogP contribution < -0.4 is 5.32 Å². The van der Waals surface area contributed by atoms with Gasteiger partial charge in [-0.15, -0.1) is 0 Å². The summed E-state index contributed by atoms with van der Waals surface area (Å²) < 4.78 is 12.5. The number of benzene rings is 1. The van der Waals surface area contributed by atoms with E-state index in [1.54, 1.807) is 0 Å². The highest BCUT2D eigenvalue weighted by Gasteiger charge is 2.38. The fourth-order valence-corrected chi connectivity index (χ4v) is 1.32. The van der Waals surface area contributed by atoms with Gasteiger partial charge < -0.3 is 5.32 Å². The Morgan fingerprint density at radius 1 is 1.38 bits per heavy atom. The molecule has 0 bridgehead atoms. The highest BCUT2D eigenvalue weighted by Crippen LogP contribution is 2.16. The number of nitrogens with one attached hydrogen (secondary N) is 1. The van der Waals surface area contributed by atoms with Gasteiger partial charge in [-0.05, 0) is 31.2 Å². The predicted molar refractivity (Wildman–Crippen MR) is 47.1 cm³/mol. The van der Waals surface area contributed by atoms with E-state index in [4.69, 9.17) is 0 Å². The Labute approximate surface area is 75.8 Å². The molecule has 0 radical (unpaired) electrons. The monoisotopic (exact) mass is 179 g/mol. The molecule has 1 fully saturated rings. The van der Waals surface area contributed by atoms with E-state index >= 15 is 0 Å². The fourth-order valence-electron chi connectivity index (χ4n) is 1.32. The van der Waals surface area contributed by atoms with E-state index in [2.05, 4.69) is 5.32 Å². The van der Waals surface area contributed by atoms with E-state index < -0.39 is 0 Å². The average molecular weight is 179 g/mol. The normalized spacial score (nSPS) is 25.7. The topological polar surface area (TPSA) is 39.0 Å². The van der Waals surface area contributed by atoms with Gasteiger partial charge in [0.15, 0.2) is 5.78 Å². The van der Waals surface area contributed by atoms with Crippen molar-refractivity contribution in [1.82, 2.24) is 5.32 Å². The Kier molecular flexibility index (Phi) is 1.88. The van der Waals surface area contributed by atoms with Crippen molar-refractivity contribution in [1.29, 1.82) is 0 Å². The van der Waals surface area contributed by atoms with Crippen LogP contribution in [0.5, 0.6) is 0 Å². The van der Waals surface area contributed by atoms with Crippen molar-refractivity contribution >= 4 is 5.78 Å². The maximum absolute atomic E-state index is 12.5. The Hall–Kier alpha value is -1.22. The summed E-state index contributed by atoms with van der Waals surface area (Å²) in [5, 5.41) is 3.00. The van der Waals surface area contributed by atoms with Crippen LogP contribution in [0.1, 0.15) is 17.3 Å². The van der Waals surface area contributed by atoms with Gasteiger partial charge in [0.05, 0.1) is 6.04 Å². The van der Waals surface area contributed by atoms with Crippen LogP contribution in [-0.2, 0) is 0 Å². The Bertz CT molecular complexity index is 333. The third-order valence-corrected chi connectivity index (χ3v) is 2.24. The minimum absolute atomic E-state index is 0.0486. The highest BCUT2D eigenvalue weighted by atomic mass is 19.1. The number of carbonyl (C=O) groups excluding carboxylic acids is 1. The van der Waals surface area contributed by atoms with Gasteiger partial charge >= 0.3 is 0 Å². The van der Waals surface area contributed by atoms with E-state index in [0.717, 1.165) is 0 Å². The van der Waals surface area contributed by atoms with Gasteiger partial charge in [-0.3, -0.25) is 4.79 Å². The van der Waals surface area contributed by atoms with E-state index in [0.29, 0.717) is 5.56 Å². The van der Waals surface area contributed by atoms with Gasteiger partial charge in [-0.1, -0.05) is 0 Å².